The summed E-state index contributed by atoms with van der Waals surface area (Å²) in [5.41, 5.74) is 5.01. The first kappa shape index (κ1) is 40.4. The smallest absolute Gasteiger partial charge is 0.394 e. The SMILES string of the molecule is CC(C)N1[CH-]N2c3[c-]c4ccccc4cc3-n3c4cc(CC(C)(C)C(F)(F)F)ccc4c4ccc1c2c43.CCC(CC)C(=O)/C=C(\O)C(CC)CC.[Ir]. The van der Waals surface area contributed by atoms with E-state index in [2.05, 4.69) is 71.3 Å². The largest absolute Gasteiger partial charge is 0.512 e. The zero-order valence-electron chi connectivity index (χ0n) is 31.9. The van der Waals surface area contributed by atoms with E-state index < -0.39 is 11.6 Å². The molecule has 2 aliphatic rings. The van der Waals surface area contributed by atoms with Crippen LogP contribution in [0.25, 0.3) is 38.3 Å². The third-order valence-corrected chi connectivity index (χ3v) is 11.0. The van der Waals surface area contributed by atoms with Crippen molar-refractivity contribution in [1.82, 2.24) is 4.57 Å². The fourth-order valence-corrected chi connectivity index (χ4v) is 7.64. The van der Waals surface area contributed by atoms with Gasteiger partial charge in [0.25, 0.3) is 0 Å². The van der Waals surface area contributed by atoms with Crippen LogP contribution in [0.4, 0.5) is 30.2 Å². The monoisotopic (exact) mass is 902 g/mol. The fraction of sp³-hybridized carbons (Fsp3) is 0.409. The number of aliphatic hydroxyl groups excluding tert-OH is 1. The van der Waals surface area contributed by atoms with Gasteiger partial charge in [-0.2, -0.15) is 19.8 Å². The molecule has 0 amide bonds. The summed E-state index contributed by atoms with van der Waals surface area (Å²) in [5.74, 6) is 0.547. The Kier molecular flexibility index (Phi) is 11.8. The number of nitrogens with zero attached hydrogens (tertiary/aromatic N) is 3. The number of anilines is 3. The van der Waals surface area contributed by atoms with Crippen molar-refractivity contribution in [3.05, 3.63) is 90.8 Å². The van der Waals surface area contributed by atoms with E-state index in [0.29, 0.717) is 5.56 Å². The molecule has 1 N–H and O–H groups in total. The number of aliphatic hydroxyl groups is 1. The minimum Gasteiger partial charge on any atom is -0.512 e. The Balaban J connectivity index is 0.000000290. The Morgan fingerprint density at radius 1 is 0.887 bits per heavy atom. The second-order valence-electron chi connectivity index (χ2n) is 15.2. The summed E-state index contributed by atoms with van der Waals surface area (Å²) >= 11 is 0. The summed E-state index contributed by atoms with van der Waals surface area (Å²) in [5, 5.41) is 14.0. The molecule has 3 heterocycles. The van der Waals surface area contributed by atoms with Gasteiger partial charge in [-0.15, -0.1) is 35.0 Å². The summed E-state index contributed by atoms with van der Waals surface area (Å²) < 4.78 is 43.4. The number of carbonyl (C=O) groups is 1. The number of ketones is 1. The van der Waals surface area contributed by atoms with Gasteiger partial charge in [0.1, 0.15) is 0 Å². The zero-order chi connectivity index (χ0) is 37.7. The molecule has 0 unspecified atom stereocenters. The third kappa shape index (κ3) is 7.24. The van der Waals surface area contributed by atoms with Crippen LogP contribution in [0.5, 0.6) is 0 Å². The summed E-state index contributed by atoms with van der Waals surface area (Å²) in [6.45, 7) is 17.1. The van der Waals surface area contributed by atoms with Gasteiger partial charge in [0.15, 0.2) is 5.78 Å². The molecule has 0 saturated carbocycles. The number of hydrogen-bond acceptors (Lipinski definition) is 4. The van der Waals surface area contributed by atoms with Gasteiger partial charge in [-0.05, 0) is 81.1 Å². The van der Waals surface area contributed by atoms with Gasteiger partial charge in [-0.3, -0.25) is 4.79 Å². The zero-order valence-corrected chi connectivity index (χ0v) is 34.3. The Morgan fingerprint density at radius 3 is 2.15 bits per heavy atom. The van der Waals surface area contributed by atoms with E-state index >= 15 is 0 Å². The van der Waals surface area contributed by atoms with E-state index in [1.165, 1.54) is 19.9 Å². The van der Waals surface area contributed by atoms with Gasteiger partial charge in [-0.1, -0.05) is 71.9 Å². The third-order valence-electron chi connectivity index (χ3n) is 11.0. The topological polar surface area (TPSA) is 48.7 Å². The van der Waals surface area contributed by atoms with Gasteiger partial charge >= 0.3 is 6.18 Å². The molecule has 0 atom stereocenters. The maximum Gasteiger partial charge on any atom is 0.394 e. The molecule has 0 bridgehead atoms. The second kappa shape index (κ2) is 15.5. The van der Waals surface area contributed by atoms with E-state index in [9.17, 15) is 23.1 Å². The number of carbonyl (C=O) groups excluding carboxylic acids is 1. The van der Waals surface area contributed by atoms with E-state index in [1.54, 1.807) is 0 Å². The molecular weight excluding hydrogens is 852 g/mol. The standard InChI is InChI=1S/C31H26F3N3.C13H24O2.Ir/c1-18(2)35-17-36-26-14-20-7-5-6-8-21(20)15-27(26)37-25-13-19(16-30(3,4)31(32,33)34)9-10-22(25)23-11-12-24(35)29(36)28(23)37;1-5-10(6-2)12(14)9-13(15)11(7-3)8-4;/h5-13,15,17-18H,16H2,1-4H3;9-11,14H,5-8H2,1-4H3;/q-2;;/b;12-9-;. The number of fused-ring (bicyclic) bond motifs is 7. The van der Waals surface area contributed by atoms with Crippen molar-refractivity contribution in [3.63, 3.8) is 0 Å². The normalized spacial score (nSPS) is 14.0. The van der Waals surface area contributed by atoms with Gasteiger partial charge < -0.3 is 19.5 Å². The van der Waals surface area contributed by atoms with Crippen molar-refractivity contribution >= 4 is 55.4 Å². The summed E-state index contributed by atoms with van der Waals surface area (Å²) in [4.78, 5) is 16.2. The molecule has 4 aromatic carbocycles. The number of rotatable bonds is 10. The molecule has 0 spiro atoms. The molecule has 53 heavy (non-hydrogen) atoms. The van der Waals surface area contributed by atoms with Crippen molar-refractivity contribution in [2.75, 3.05) is 9.80 Å². The maximum atomic E-state index is 13.7. The van der Waals surface area contributed by atoms with Crippen molar-refractivity contribution in [2.24, 2.45) is 17.3 Å². The summed E-state index contributed by atoms with van der Waals surface area (Å²) in [6.07, 6.45) is 0.547. The number of allylic oxidation sites excluding steroid dienone is 2. The van der Waals surface area contributed by atoms with E-state index in [-0.39, 0.29) is 55.9 Å². The average Bonchev–Trinajstić information content (AvgIpc) is 3.65. The quantitative estimate of drug-likeness (QED) is 0.0862. The number of benzene rings is 4. The molecule has 285 valence electrons. The van der Waals surface area contributed by atoms with E-state index in [1.807, 2.05) is 58.0 Å². The number of aromatic nitrogens is 1. The van der Waals surface area contributed by atoms with Crippen molar-refractivity contribution in [1.29, 1.82) is 0 Å². The van der Waals surface area contributed by atoms with Gasteiger partial charge in [0.2, 0.25) is 0 Å². The van der Waals surface area contributed by atoms with Crippen molar-refractivity contribution < 1.29 is 43.2 Å². The van der Waals surface area contributed by atoms with Crippen LogP contribution in [0, 0.1) is 30.0 Å². The van der Waals surface area contributed by atoms with Crippen molar-refractivity contribution in [2.45, 2.75) is 99.7 Å². The number of alkyl halides is 3. The Morgan fingerprint density at radius 2 is 1.53 bits per heavy atom. The molecule has 9 heteroatoms. The minimum absolute atomic E-state index is 0. The molecule has 0 aliphatic carbocycles. The van der Waals surface area contributed by atoms with E-state index in [4.69, 9.17) is 0 Å². The Bertz CT molecular complexity index is 2160. The number of hydrogen-bond donors (Lipinski definition) is 1. The molecule has 1 aromatic heterocycles. The Labute approximate surface area is 325 Å². The first-order valence-electron chi connectivity index (χ1n) is 18.6. The van der Waals surface area contributed by atoms with Gasteiger partial charge in [0, 0.05) is 60.0 Å². The van der Waals surface area contributed by atoms with Crippen LogP contribution in [-0.4, -0.2) is 27.7 Å². The minimum atomic E-state index is -4.28. The first-order valence-corrected chi connectivity index (χ1v) is 18.6. The van der Waals surface area contributed by atoms with Crippen LogP contribution in [0.2, 0.25) is 0 Å². The molecular formula is C44H50F3IrN3O2-2. The van der Waals surface area contributed by atoms with E-state index in [0.717, 1.165) is 81.0 Å². The molecule has 0 fully saturated rings. The van der Waals surface area contributed by atoms with Crippen molar-refractivity contribution in [3.8, 4) is 5.69 Å². The van der Waals surface area contributed by atoms with Crippen LogP contribution in [0.1, 0.15) is 86.6 Å². The predicted octanol–water partition coefficient (Wildman–Crippen LogP) is 12.5. The van der Waals surface area contributed by atoms with Crippen LogP contribution < -0.4 is 9.80 Å². The van der Waals surface area contributed by atoms with Crippen LogP contribution in [0.3, 0.4) is 0 Å². The molecule has 2 aliphatic heterocycles. The summed E-state index contributed by atoms with van der Waals surface area (Å²) in [6, 6.07) is 24.3. The summed E-state index contributed by atoms with van der Waals surface area (Å²) in [7, 11) is 0. The van der Waals surface area contributed by atoms with Crippen LogP contribution in [-0.2, 0) is 31.3 Å². The average molecular weight is 902 g/mol. The molecule has 5 nitrogen and oxygen atoms in total. The second-order valence-corrected chi connectivity index (χ2v) is 15.2. The molecule has 0 saturated heterocycles. The molecule has 7 rings (SSSR count). The number of halogens is 3. The van der Waals surface area contributed by atoms with Gasteiger partial charge in [-0.25, -0.2) is 0 Å². The maximum absolute atomic E-state index is 13.7. The Hall–Kier alpha value is -3.81. The van der Waals surface area contributed by atoms with Crippen LogP contribution >= 0.6 is 0 Å². The molecule has 1 radical (unpaired) electrons. The predicted molar refractivity (Wildman–Crippen MR) is 209 cm³/mol. The molecule has 5 aromatic rings. The first-order chi connectivity index (χ1) is 24.6. The van der Waals surface area contributed by atoms with Crippen LogP contribution in [0.15, 0.2) is 72.5 Å². The fourth-order valence-electron chi connectivity index (χ4n) is 7.64. The van der Waals surface area contributed by atoms with Gasteiger partial charge in [0.05, 0.1) is 22.4 Å².